The molecule has 2 aromatic carbocycles. The van der Waals surface area contributed by atoms with Crippen LogP contribution in [0.5, 0.6) is 0 Å². The molecule has 4 rings (SSSR count). The molecule has 134 valence electrons. The van der Waals surface area contributed by atoms with E-state index >= 15 is 0 Å². The number of aromatic nitrogens is 2. The van der Waals surface area contributed by atoms with E-state index in [4.69, 9.17) is 9.97 Å². The monoisotopic (exact) mass is 368 g/mol. The van der Waals surface area contributed by atoms with Crippen LogP contribution in [0.4, 0.5) is 5.95 Å². The molecule has 0 aliphatic carbocycles. The van der Waals surface area contributed by atoms with E-state index < -0.39 is 10.0 Å². The van der Waals surface area contributed by atoms with Crippen LogP contribution in [0.1, 0.15) is 0 Å². The lowest BCUT2D eigenvalue weighted by Crippen LogP contribution is -2.48. The first-order valence-electron chi connectivity index (χ1n) is 8.55. The topological polar surface area (TPSA) is 66.4 Å². The Balaban J connectivity index is 1.73. The highest BCUT2D eigenvalue weighted by atomic mass is 32.2. The third-order valence-electron chi connectivity index (χ3n) is 4.63. The second-order valence-corrected chi connectivity index (χ2v) is 8.39. The number of anilines is 1. The molecule has 1 aromatic heterocycles. The molecule has 6 nitrogen and oxygen atoms in total. The van der Waals surface area contributed by atoms with Gasteiger partial charge in [-0.05, 0) is 6.07 Å². The predicted molar refractivity (Wildman–Crippen MR) is 104 cm³/mol. The Morgan fingerprint density at radius 2 is 1.50 bits per heavy atom. The zero-order chi connectivity index (χ0) is 18.1. The van der Waals surface area contributed by atoms with E-state index in [0.717, 1.165) is 22.2 Å². The molecule has 0 saturated carbocycles. The minimum Gasteiger partial charge on any atom is -0.338 e. The fraction of sp³-hybridized carbons (Fsp3) is 0.263. The molecule has 0 bridgehead atoms. The standard InChI is InChI=1S/C19H20N4O2S/c1-26(24,25)23-13-11-22(12-14-23)19-20-17-10-6-5-9-16(17)18(21-19)15-7-3-2-4-8-15/h2-10H,11-14H2,1H3. The van der Waals surface area contributed by atoms with Gasteiger partial charge in [-0.1, -0.05) is 48.5 Å². The molecule has 2 heterocycles. The van der Waals surface area contributed by atoms with Gasteiger partial charge < -0.3 is 4.90 Å². The third-order valence-corrected chi connectivity index (χ3v) is 5.93. The molecule has 7 heteroatoms. The summed E-state index contributed by atoms with van der Waals surface area (Å²) >= 11 is 0. The highest BCUT2D eigenvalue weighted by molar-refractivity contribution is 7.88. The van der Waals surface area contributed by atoms with E-state index in [1.165, 1.54) is 10.6 Å². The Morgan fingerprint density at radius 1 is 0.846 bits per heavy atom. The van der Waals surface area contributed by atoms with Crippen molar-refractivity contribution in [2.24, 2.45) is 0 Å². The maximum atomic E-state index is 11.7. The van der Waals surface area contributed by atoms with Gasteiger partial charge in [0.05, 0.1) is 17.5 Å². The number of benzene rings is 2. The summed E-state index contributed by atoms with van der Waals surface area (Å²) in [7, 11) is -3.15. The van der Waals surface area contributed by atoms with Gasteiger partial charge in [-0.2, -0.15) is 4.31 Å². The van der Waals surface area contributed by atoms with Gasteiger partial charge in [-0.15, -0.1) is 0 Å². The second-order valence-electron chi connectivity index (χ2n) is 6.40. The summed E-state index contributed by atoms with van der Waals surface area (Å²) in [6, 6.07) is 18.0. The molecule has 1 fully saturated rings. The smallest absolute Gasteiger partial charge is 0.226 e. The Kier molecular flexibility index (Phi) is 4.34. The van der Waals surface area contributed by atoms with Crippen LogP contribution >= 0.6 is 0 Å². The number of piperazine rings is 1. The molecule has 26 heavy (non-hydrogen) atoms. The van der Waals surface area contributed by atoms with E-state index in [-0.39, 0.29) is 0 Å². The van der Waals surface area contributed by atoms with Crippen molar-refractivity contribution in [2.75, 3.05) is 37.3 Å². The van der Waals surface area contributed by atoms with Crippen LogP contribution in [0, 0.1) is 0 Å². The van der Waals surface area contributed by atoms with Crippen molar-refractivity contribution >= 4 is 26.9 Å². The SMILES string of the molecule is CS(=O)(=O)N1CCN(c2nc(-c3ccccc3)c3ccccc3n2)CC1. The summed E-state index contributed by atoms with van der Waals surface area (Å²) in [5.74, 6) is 0.649. The number of hydrogen-bond donors (Lipinski definition) is 0. The van der Waals surface area contributed by atoms with Gasteiger partial charge in [0.2, 0.25) is 16.0 Å². The summed E-state index contributed by atoms with van der Waals surface area (Å²) in [4.78, 5) is 11.6. The first-order chi connectivity index (χ1) is 12.5. The largest absolute Gasteiger partial charge is 0.338 e. The fourth-order valence-electron chi connectivity index (χ4n) is 3.24. The van der Waals surface area contributed by atoms with Gasteiger partial charge in [0.1, 0.15) is 0 Å². The molecule has 0 amide bonds. The van der Waals surface area contributed by atoms with Crippen LogP contribution in [0.2, 0.25) is 0 Å². The van der Waals surface area contributed by atoms with E-state index in [1.807, 2.05) is 54.6 Å². The zero-order valence-corrected chi connectivity index (χ0v) is 15.4. The molecule has 0 spiro atoms. The Labute approximate surface area is 153 Å². The predicted octanol–water partition coefficient (Wildman–Crippen LogP) is 2.38. The average Bonchev–Trinajstić information content (AvgIpc) is 2.67. The van der Waals surface area contributed by atoms with Gasteiger partial charge in [0.15, 0.2) is 0 Å². The zero-order valence-electron chi connectivity index (χ0n) is 14.5. The van der Waals surface area contributed by atoms with Gasteiger partial charge in [-0.25, -0.2) is 18.4 Å². The molecular weight excluding hydrogens is 348 g/mol. The van der Waals surface area contributed by atoms with E-state index in [0.29, 0.717) is 32.1 Å². The molecule has 1 aliphatic rings. The van der Waals surface area contributed by atoms with E-state index in [9.17, 15) is 8.42 Å². The van der Waals surface area contributed by atoms with Crippen LogP contribution in [0.25, 0.3) is 22.2 Å². The third kappa shape index (κ3) is 3.27. The second kappa shape index (κ2) is 6.66. The van der Waals surface area contributed by atoms with Gasteiger partial charge in [0, 0.05) is 37.1 Å². The molecule has 0 unspecified atom stereocenters. The normalized spacial score (nSPS) is 16.1. The van der Waals surface area contributed by atoms with Crippen molar-refractivity contribution in [1.29, 1.82) is 0 Å². The Bertz CT molecular complexity index is 1030. The van der Waals surface area contributed by atoms with Crippen molar-refractivity contribution in [3.05, 3.63) is 54.6 Å². The number of sulfonamides is 1. The average molecular weight is 368 g/mol. The van der Waals surface area contributed by atoms with Gasteiger partial charge in [0.25, 0.3) is 0 Å². The molecule has 1 aliphatic heterocycles. The number of para-hydroxylation sites is 1. The molecular formula is C19H20N4O2S. The molecule has 0 atom stereocenters. The van der Waals surface area contributed by atoms with Crippen molar-refractivity contribution in [3.8, 4) is 11.3 Å². The molecule has 0 N–H and O–H groups in total. The summed E-state index contributed by atoms with van der Waals surface area (Å²) in [5.41, 5.74) is 2.83. The van der Waals surface area contributed by atoms with Crippen molar-refractivity contribution < 1.29 is 8.42 Å². The van der Waals surface area contributed by atoms with E-state index in [1.54, 1.807) is 0 Å². The highest BCUT2D eigenvalue weighted by Gasteiger charge is 2.25. The van der Waals surface area contributed by atoms with Crippen LogP contribution in [-0.4, -0.2) is 55.1 Å². The van der Waals surface area contributed by atoms with Crippen LogP contribution < -0.4 is 4.90 Å². The summed E-state index contributed by atoms with van der Waals surface area (Å²) in [6.45, 7) is 2.07. The highest BCUT2D eigenvalue weighted by Crippen LogP contribution is 2.28. The van der Waals surface area contributed by atoms with Crippen molar-refractivity contribution in [2.45, 2.75) is 0 Å². The lowest BCUT2D eigenvalue weighted by molar-refractivity contribution is 0.386. The lowest BCUT2D eigenvalue weighted by Gasteiger charge is -2.33. The molecule has 3 aromatic rings. The summed E-state index contributed by atoms with van der Waals surface area (Å²) in [5, 5.41) is 1.01. The van der Waals surface area contributed by atoms with Crippen molar-refractivity contribution in [1.82, 2.24) is 14.3 Å². The summed E-state index contributed by atoms with van der Waals surface area (Å²) in [6.07, 6.45) is 1.25. The number of fused-ring (bicyclic) bond motifs is 1. The number of hydrogen-bond acceptors (Lipinski definition) is 5. The first-order valence-corrected chi connectivity index (χ1v) is 10.4. The first kappa shape index (κ1) is 16.9. The Morgan fingerprint density at radius 3 is 2.19 bits per heavy atom. The quantitative estimate of drug-likeness (QED) is 0.710. The fourth-order valence-corrected chi connectivity index (χ4v) is 4.07. The van der Waals surface area contributed by atoms with Crippen LogP contribution in [0.3, 0.4) is 0 Å². The van der Waals surface area contributed by atoms with Crippen LogP contribution in [0.15, 0.2) is 54.6 Å². The van der Waals surface area contributed by atoms with Crippen LogP contribution in [-0.2, 0) is 10.0 Å². The maximum absolute atomic E-state index is 11.7. The lowest BCUT2D eigenvalue weighted by atomic mass is 10.1. The summed E-state index contributed by atoms with van der Waals surface area (Å²) < 4.78 is 24.9. The van der Waals surface area contributed by atoms with Gasteiger partial charge >= 0.3 is 0 Å². The van der Waals surface area contributed by atoms with E-state index in [2.05, 4.69) is 4.90 Å². The number of rotatable bonds is 3. The molecule has 0 radical (unpaired) electrons. The van der Waals surface area contributed by atoms with Crippen molar-refractivity contribution in [3.63, 3.8) is 0 Å². The Hall–Kier alpha value is -2.51. The minimum atomic E-state index is -3.15. The maximum Gasteiger partial charge on any atom is 0.226 e. The number of nitrogens with zero attached hydrogens (tertiary/aromatic N) is 4. The molecule has 1 saturated heterocycles. The van der Waals surface area contributed by atoms with Gasteiger partial charge in [-0.3, -0.25) is 0 Å². The minimum absolute atomic E-state index is 0.454.